The Morgan fingerprint density at radius 3 is 2.24 bits per heavy atom. The summed E-state index contributed by atoms with van der Waals surface area (Å²) in [4.78, 5) is 18.8. The number of nitrogens with one attached hydrogen (secondary N) is 1. The summed E-state index contributed by atoms with van der Waals surface area (Å²) < 4.78 is 12.9. The topological polar surface area (TPSA) is 45.8 Å². The number of imidazole rings is 1. The molecule has 0 bridgehead atoms. The Kier molecular flexibility index (Phi) is 3.36. The SMILES string of the molecule is CC(=O)c1ccc(-c2nc(-c3ccc(F)cc3)c[nH]2)cc1. The van der Waals surface area contributed by atoms with Crippen LogP contribution in [0.25, 0.3) is 22.6 Å². The molecule has 104 valence electrons. The van der Waals surface area contributed by atoms with E-state index in [1.54, 1.807) is 30.5 Å². The lowest BCUT2D eigenvalue weighted by atomic mass is 10.1. The highest BCUT2D eigenvalue weighted by atomic mass is 19.1. The zero-order valence-electron chi connectivity index (χ0n) is 11.4. The van der Waals surface area contributed by atoms with E-state index in [1.807, 2.05) is 12.1 Å². The Hall–Kier alpha value is -2.75. The minimum Gasteiger partial charge on any atom is -0.344 e. The fourth-order valence-electron chi connectivity index (χ4n) is 2.10. The number of rotatable bonds is 3. The van der Waals surface area contributed by atoms with Crippen LogP contribution in [-0.2, 0) is 0 Å². The van der Waals surface area contributed by atoms with E-state index in [0.717, 1.165) is 16.8 Å². The molecular formula is C17H13FN2O. The number of carbonyl (C=O) groups is 1. The van der Waals surface area contributed by atoms with E-state index in [4.69, 9.17) is 0 Å². The third kappa shape index (κ3) is 2.74. The molecule has 0 radical (unpaired) electrons. The van der Waals surface area contributed by atoms with E-state index in [2.05, 4.69) is 9.97 Å². The van der Waals surface area contributed by atoms with Crippen LogP contribution in [0.1, 0.15) is 17.3 Å². The van der Waals surface area contributed by atoms with Crippen molar-refractivity contribution in [1.29, 1.82) is 0 Å². The first-order chi connectivity index (χ1) is 10.1. The maximum Gasteiger partial charge on any atom is 0.159 e. The molecule has 1 aromatic heterocycles. The highest BCUT2D eigenvalue weighted by Gasteiger charge is 2.07. The number of nitrogens with zero attached hydrogens (tertiary/aromatic N) is 1. The number of Topliss-reactive ketones (excluding diaryl/α,β-unsaturated/α-hetero) is 1. The van der Waals surface area contributed by atoms with Gasteiger partial charge in [-0.05, 0) is 31.2 Å². The molecule has 4 heteroatoms. The average molecular weight is 280 g/mol. The highest BCUT2D eigenvalue weighted by molar-refractivity contribution is 5.94. The normalized spacial score (nSPS) is 10.6. The predicted octanol–water partition coefficient (Wildman–Crippen LogP) is 4.09. The molecular weight excluding hydrogens is 267 g/mol. The van der Waals surface area contributed by atoms with E-state index >= 15 is 0 Å². The van der Waals surface area contributed by atoms with Crippen molar-refractivity contribution in [2.75, 3.05) is 0 Å². The Balaban J connectivity index is 1.90. The van der Waals surface area contributed by atoms with Crippen molar-refractivity contribution in [2.45, 2.75) is 6.92 Å². The number of aromatic nitrogens is 2. The van der Waals surface area contributed by atoms with Crippen LogP contribution in [0.3, 0.4) is 0 Å². The number of hydrogen-bond acceptors (Lipinski definition) is 2. The van der Waals surface area contributed by atoms with Gasteiger partial charge in [0.1, 0.15) is 11.6 Å². The number of ketones is 1. The summed E-state index contributed by atoms with van der Waals surface area (Å²) in [5.41, 5.74) is 3.16. The summed E-state index contributed by atoms with van der Waals surface area (Å²) in [7, 11) is 0. The molecule has 0 saturated heterocycles. The van der Waals surface area contributed by atoms with Gasteiger partial charge in [-0.25, -0.2) is 9.37 Å². The average Bonchev–Trinajstić information content (AvgIpc) is 2.98. The highest BCUT2D eigenvalue weighted by Crippen LogP contribution is 2.22. The maximum atomic E-state index is 12.9. The summed E-state index contributed by atoms with van der Waals surface area (Å²) in [6.45, 7) is 1.54. The van der Waals surface area contributed by atoms with E-state index in [1.165, 1.54) is 19.1 Å². The number of H-pyrrole nitrogens is 1. The second kappa shape index (κ2) is 5.32. The lowest BCUT2D eigenvalue weighted by molar-refractivity contribution is 0.101. The Labute approximate surface area is 121 Å². The molecule has 21 heavy (non-hydrogen) atoms. The zero-order chi connectivity index (χ0) is 14.8. The third-order valence-corrected chi connectivity index (χ3v) is 3.28. The summed E-state index contributed by atoms with van der Waals surface area (Å²) >= 11 is 0. The molecule has 3 aromatic rings. The molecule has 0 aliphatic rings. The van der Waals surface area contributed by atoms with Crippen LogP contribution in [0.4, 0.5) is 4.39 Å². The van der Waals surface area contributed by atoms with Crippen LogP contribution in [0.2, 0.25) is 0 Å². The summed E-state index contributed by atoms with van der Waals surface area (Å²) in [6, 6.07) is 13.4. The fourth-order valence-corrected chi connectivity index (χ4v) is 2.10. The number of halogens is 1. The molecule has 2 aromatic carbocycles. The van der Waals surface area contributed by atoms with Crippen LogP contribution in [0, 0.1) is 5.82 Å². The van der Waals surface area contributed by atoms with Crippen LogP contribution in [0.5, 0.6) is 0 Å². The van der Waals surface area contributed by atoms with Crippen molar-refractivity contribution in [1.82, 2.24) is 9.97 Å². The molecule has 1 heterocycles. The summed E-state index contributed by atoms with van der Waals surface area (Å²) in [6.07, 6.45) is 1.78. The van der Waals surface area contributed by atoms with Crippen molar-refractivity contribution >= 4 is 5.78 Å². The van der Waals surface area contributed by atoms with Gasteiger partial charge in [0, 0.05) is 22.9 Å². The molecule has 0 fully saturated rings. The third-order valence-electron chi connectivity index (χ3n) is 3.28. The van der Waals surface area contributed by atoms with Crippen LogP contribution in [0.15, 0.2) is 54.7 Å². The minimum absolute atomic E-state index is 0.0352. The number of aromatic amines is 1. The van der Waals surface area contributed by atoms with Gasteiger partial charge in [-0.15, -0.1) is 0 Å². The van der Waals surface area contributed by atoms with Gasteiger partial charge in [0.25, 0.3) is 0 Å². The Morgan fingerprint density at radius 1 is 1.00 bits per heavy atom. The van der Waals surface area contributed by atoms with Gasteiger partial charge in [-0.2, -0.15) is 0 Å². The van der Waals surface area contributed by atoms with Crippen LogP contribution >= 0.6 is 0 Å². The zero-order valence-corrected chi connectivity index (χ0v) is 11.4. The molecule has 0 aliphatic heterocycles. The van der Waals surface area contributed by atoms with Crippen molar-refractivity contribution in [3.05, 3.63) is 66.1 Å². The van der Waals surface area contributed by atoms with E-state index in [-0.39, 0.29) is 11.6 Å². The molecule has 0 amide bonds. The van der Waals surface area contributed by atoms with Gasteiger partial charge >= 0.3 is 0 Å². The molecule has 0 aliphatic carbocycles. The fraction of sp³-hybridized carbons (Fsp3) is 0.0588. The van der Waals surface area contributed by atoms with Crippen LogP contribution < -0.4 is 0 Å². The summed E-state index contributed by atoms with van der Waals surface area (Å²) in [5, 5.41) is 0. The monoisotopic (exact) mass is 280 g/mol. The van der Waals surface area contributed by atoms with Gasteiger partial charge in [-0.1, -0.05) is 24.3 Å². The van der Waals surface area contributed by atoms with Crippen molar-refractivity contribution in [2.24, 2.45) is 0 Å². The van der Waals surface area contributed by atoms with E-state index < -0.39 is 0 Å². The first-order valence-electron chi connectivity index (χ1n) is 6.56. The second-order valence-corrected chi connectivity index (χ2v) is 4.77. The molecule has 0 spiro atoms. The number of hydrogen-bond donors (Lipinski definition) is 1. The molecule has 3 nitrogen and oxygen atoms in total. The molecule has 1 N–H and O–H groups in total. The minimum atomic E-state index is -0.269. The predicted molar refractivity (Wildman–Crippen MR) is 79.4 cm³/mol. The van der Waals surface area contributed by atoms with Gasteiger partial charge in [-0.3, -0.25) is 4.79 Å². The van der Waals surface area contributed by atoms with Crippen LogP contribution in [-0.4, -0.2) is 15.8 Å². The Bertz CT molecular complexity index is 773. The van der Waals surface area contributed by atoms with E-state index in [9.17, 15) is 9.18 Å². The largest absolute Gasteiger partial charge is 0.344 e. The molecule has 3 rings (SSSR count). The van der Waals surface area contributed by atoms with Gasteiger partial charge in [0.05, 0.1) is 5.69 Å². The Morgan fingerprint density at radius 2 is 1.62 bits per heavy atom. The number of carbonyl (C=O) groups excluding carboxylic acids is 1. The van der Waals surface area contributed by atoms with E-state index in [0.29, 0.717) is 11.4 Å². The molecule has 0 unspecified atom stereocenters. The standard InChI is InChI=1S/C17H13FN2O/c1-11(21)12-2-4-14(5-3-12)17-19-10-16(20-17)13-6-8-15(18)9-7-13/h2-10H,1H3,(H,19,20). The lowest BCUT2D eigenvalue weighted by Crippen LogP contribution is -1.91. The quantitative estimate of drug-likeness (QED) is 0.735. The van der Waals surface area contributed by atoms with Gasteiger partial charge < -0.3 is 4.98 Å². The summed E-state index contributed by atoms with van der Waals surface area (Å²) in [5.74, 6) is 0.478. The molecule has 0 saturated carbocycles. The smallest absolute Gasteiger partial charge is 0.159 e. The van der Waals surface area contributed by atoms with Crippen molar-refractivity contribution in [3.63, 3.8) is 0 Å². The second-order valence-electron chi connectivity index (χ2n) is 4.77. The first kappa shape index (κ1) is 13.2. The number of benzene rings is 2. The lowest BCUT2D eigenvalue weighted by Gasteiger charge is -1.99. The van der Waals surface area contributed by atoms with Gasteiger partial charge in [0.15, 0.2) is 5.78 Å². The maximum absolute atomic E-state index is 12.9. The molecule has 0 atom stereocenters. The van der Waals surface area contributed by atoms with Gasteiger partial charge in [0.2, 0.25) is 0 Å². The van der Waals surface area contributed by atoms with Crippen molar-refractivity contribution < 1.29 is 9.18 Å². The first-order valence-corrected chi connectivity index (χ1v) is 6.56. The van der Waals surface area contributed by atoms with Crippen molar-refractivity contribution in [3.8, 4) is 22.6 Å².